The molecule has 7 rings (SSSR count). The minimum atomic E-state index is -0.836. The Labute approximate surface area is 299 Å². The fourth-order valence-electron chi connectivity index (χ4n) is 6.42. The van der Waals surface area contributed by atoms with E-state index in [9.17, 15) is 14.8 Å². The number of piperidine rings is 3. The van der Waals surface area contributed by atoms with E-state index < -0.39 is 18.1 Å². The highest BCUT2D eigenvalue weighted by molar-refractivity contribution is 7.12. The summed E-state index contributed by atoms with van der Waals surface area (Å²) in [7, 11) is 3.05. The lowest BCUT2D eigenvalue weighted by atomic mass is 9.86. The van der Waals surface area contributed by atoms with Gasteiger partial charge in [-0.25, -0.2) is 9.59 Å². The van der Waals surface area contributed by atoms with Crippen molar-refractivity contribution in [1.29, 1.82) is 0 Å². The number of ether oxygens (including phenoxy) is 4. The molecule has 0 radical (unpaired) electrons. The summed E-state index contributed by atoms with van der Waals surface area (Å²) in [6.07, 6.45) is 3.65. The zero-order chi connectivity index (χ0) is 34.5. The van der Waals surface area contributed by atoms with E-state index in [0.717, 1.165) is 43.6 Å². The van der Waals surface area contributed by atoms with Crippen LogP contribution in [0.3, 0.4) is 0 Å². The predicted octanol–water partition coefficient (Wildman–Crippen LogP) is 6.31. The van der Waals surface area contributed by atoms with Crippen molar-refractivity contribution in [2.75, 3.05) is 33.9 Å². The van der Waals surface area contributed by atoms with E-state index >= 15 is 0 Å². The zero-order valence-electron chi connectivity index (χ0n) is 27.1. The van der Waals surface area contributed by atoms with Crippen LogP contribution >= 0.6 is 34.5 Å². The second-order valence-electron chi connectivity index (χ2n) is 12.2. The number of esters is 2. The standard InChI is InChI=1S/C36H37Cl2N3O7S/c1-45-29-9-8-25(15-31(29)46-2)30(16-26-27(37)18-41(44)19-28(26)38)47-35(42)33-14-22(21-49-33)17-39-34(24-6-4-3-5-7-24)36(43)48-32-20-40-12-10-23(32)11-13-40/h3-9,14-15,18-19,21,23,30,32,34,39H,10-13,16-17,20H2,1-2H3/t30?,32-,34-/m0/s1. The minimum Gasteiger partial charge on any atom is -0.619 e. The summed E-state index contributed by atoms with van der Waals surface area (Å²) < 4.78 is 23.5. The van der Waals surface area contributed by atoms with Crippen LogP contribution in [0.5, 0.6) is 11.5 Å². The van der Waals surface area contributed by atoms with Crippen molar-refractivity contribution in [3.8, 4) is 11.5 Å². The lowest BCUT2D eigenvalue weighted by Gasteiger charge is -2.44. The smallest absolute Gasteiger partial charge is 0.348 e. The third-order valence-corrected chi connectivity index (χ3v) is 10.7. The van der Waals surface area contributed by atoms with Gasteiger partial charge in [-0.15, -0.1) is 11.3 Å². The number of nitrogens with zero attached hydrogens (tertiary/aromatic N) is 2. The SMILES string of the molecule is COc1ccc(C(Cc2c(Cl)c[n+]([O-])cc2Cl)OC(=O)c2cc(CN[C@H](C(=O)O[C@H]3CN4CCC3CC4)c3ccccc3)cs2)cc1OC. The van der Waals surface area contributed by atoms with Gasteiger partial charge in [0.1, 0.15) is 33.2 Å². The monoisotopic (exact) mass is 725 g/mol. The molecule has 3 aliphatic heterocycles. The summed E-state index contributed by atoms with van der Waals surface area (Å²) in [6.45, 7) is 3.22. The lowest BCUT2D eigenvalue weighted by molar-refractivity contribution is -0.605. The van der Waals surface area contributed by atoms with Gasteiger partial charge in [0.25, 0.3) is 0 Å². The molecule has 0 aliphatic carbocycles. The van der Waals surface area contributed by atoms with Crippen LogP contribution in [0.2, 0.25) is 10.0 Å². The number of pyridine rings is 1. The molecule has 258 valence electrons. The third-order valence-electron chi connectivity index (χ3n) is 9.07. The number of rotatable bonds is 13. The van der Waals surface area contributed by atoms with Crippen LogP contribution in [0, 0.1) is 11.1 Å². The molecule has 0 saturated carbocycles. The van der Waals surface area contributed by atoms with Crippen LogP contribution in [0.25, 0.3) is 0 Å². The van der Waals surface area contributed by atoms with Crippen molar-refractivity contribution in [2.45, 2.75) is 44.1 Å². The van der Waals surface area contributed by atoms with Crippen molar-refractivity contribution in [2.24, 2.45) is 5.92 Å². The maximum Gasteiger partial charge on any atom is 0.348 e. The van der Waals surface area contributed by atoms with Crippen molar-refractivity contribution in [3.63, 3.8) is 0 Å². The molecule has 2 aromatic heterocycles. The number of hydrogen-bond donors (Lipinski definition) is 1. The quantitative estimate of drug-likeness (QED) is 0.0962. The molecule has 2 aromatic carbocycles. The minimum absolute atomic E-state index is 0.0972. The largest absolute Gasteiger partial charge is 0.619 e. The highest BCUT2D eigenvalue weighted by atomic mass is 35.5. The van der Waals surface area contributed by atoms with Gasteiger partial charge in [-0.2, -0.15) is 4.73 Å². The summed E-state index contributed by atoms with van der Waals surface area (Å²) in [5, 5.41) is 17.4. The first-order chi connectivity index (χ1) is 23.7. The fraction of sp³-hybridized carbons (Fsp3) is 0.361. The Kier molecular flexibility index (Phi) is 11.3. The average molecular weight is 727 g/mol. The number of aromatic nitrogens is 1. The van der Waals surface area contributed by atoms with Crippen LogP contribution in [-0.2, 0) is 27.2 Å². The molecule has 3 atom stereocenters. The van der Waals surface area contributed by atoms with Crippen LogP contribution in [-0.4, -0.2) is 56.8 Å². The summed E-state index contributed by atoms with van der Waals surface area (Å²) in [5.41, 5.74) is 2.69. The zero-order valence-corrected chi connectivity index (χ0v) is 29.4. The second-order valence-corrected chi connectivity index (χ2v) is 13.9. The Bertz CT molecular complexity index is 1760. The van der Waals surface area contributed by atoms with Crippen LogP contribution in [0.4, 0.5) is 0 Å². The van der Waals surface area contributed by atoms with Gasteiger partial charge in [-0.1, -0.05) is 59.6 Å². The highest BCUT2D eigenvalue weighted by Gasteiger charge is 2.38. The topological polar surface area (TPSA) is 113 Å². The number of carbonyl (C=O) groups excluding carboxylic acids is 2. The van der Waals surface area contributed by atoms with Crippen LogP contribution in [0.1, 0.15) is 56.9 Å². The Morgan fingerprint density at radius 2 is 1.71 bits per heavy atom. The summed E-state index contributed by atoms with van der Waals surface area (Å²) in [5.74, 6) is 0.498. The normalized spacial score (nSPS) is 19.6. The Hall–Kier alpha value is -3.87. The molecule has 5 heterocycles. The molecule has 10 nitrogen and oxygen atoms in total. The van der Waals surface area contributed by atoms with E-state index in [2.05, 4.69) is 10.2 Å². The molecule has 3 fully saturated rings. The molecule has 3 saturated heterocycles. The first-order valence-electron chi connectivity index (χ1n) is 16.0. The molecule has 13 heteroatoms. The molecule has 0 spiro atoms. The molecule has 2 bridgehead atoms. The third kappa shape index (κ3) is 8.30. The van der Waals surface area contributed by atoms with Crippen molar-refractivity contribution in [3.05, 3.63) is 115 Å². The lowest BCUT2D eigenvalue weighted by Crippen LogP contribution is -2.52. The number of methoxy groups -OCH3 is 2. The van der Waals surface area contributed by atoms with Gasteiger partial charge in [0.2, 0.25) is 0 Å². The number of hydrogen-bond acceptors (Lipinski definition) is 10. The number of thiophene rings is 1. The molecule has 1 N–H and O–H groups in total. The van der Waals surface area contributed by atoms with Gasteiger partial charge in [0, 0.05) is 25.1 Å². The maximum atomic E-state index is 13.6. The number of fused-ring (bicyclic) bond motifs is 3. The summed E-state index contributed by atoms with van der Waals surface area (Å²) in [4.78, 5) is 29.9. The number of nitrogens with one attached hydrogen (secondary N) is 1. The molecular weight excluding hydrogens is 689 g/mol. The second kappa shape index (κ2) is 15.8. The van der Waals surface area contributed by atoms with Crippen molar-refractivity contribution >= 4 is 46.5 Å². The van der Waals surface area contributed by atoms with Crippen molar-refractivity contribution in [1.82, 2.24) is 10.2 Å². The molecule has 4 aromatic rings. The van der Waals surface area contributed by atoms with Gasteiger partial charge < -0.3 is 24.2 Å². The first-order valence-corrected chi connectivity index (χ1v) is 17.6. The maximum absolute atomic E-state index is 13.6. The van der Waals surface area contributed by atoms with E-state index in [1.807, 2.05) is 35.7 Å². The Balaban J connectivity index is 1.17. The van der Waals surface area contributed by atoms with Gasteiger partial charge in [0.15, 0.2) is 23.9 Å². The number of carbonyl (C=O) groups is 2. The van der Waals surface area contributed by atoms with Crippen molar-refractivity contribution < 1.29 is 33.3 Å². The van der Waals surface area contributed by atoms with Gasteiger partial charge in [0.05, 0.1) is 14.2 Å². The number of benzene rings is 2. The Morgan fingerprint density at radius 3 is 2.37 bits per heavy atom. The van der Waals surface area contributed by atoms with Gasteiger partial charge in [-0.3, -0.25) is 10.2 Å². The average Bonchev–Trinajstić information content (AvgIpc) is 3.59. The van der Waals surface area contributed by atoms with E-state index in [-0.39, 0.29) is 28.5 Å². The summed E-state index contributed by atoms with van der Waals surface area (Å²) in [6, 6.07) is 15.8. The molecule has 0 amide bonds. The predicted molar refractivity (Wildman–Crippen MR) is 186 cm³/mol. The Morgan fingerprint density at radius 1 is 1.00 bits per heavy atom. The molecular formula is C36H37Cl2N3O7S. The highest BCUT2D eigenvalue weighted by Crippen LogP contribution is 2.36. The van der Waals surface area contributed by atoms with E-state index in [4.69, 9.17) is 42.1 Å². The van der Waals surface area contributed by atoms with E-state index in [0.29, 0.717) is 44.7 Å². The number of halogens is 2. The summed E-state index contributed by atoms with van der Waals surface area (Å²) >= 11 is 14.0. The molecule has 3 aliphatic rings. The first kappa shape index (κ1) is 35.0. The van der Waals surface area contributed by atoms with E-state index in [1.165, 1.54) is 38.0 Å². The fourth-order valence-corrected chi connectivity index (χ4v) is 7.81. The van der Waals surface area contributed by atoms with E-state index in [1.54, 1.807) is 24.3 Å². The molecule has 49 heavy (non-hydrogen) atoms. The molecule has 1 unspecified atom stereocenters. The van der Waals surface area contributed by atoms with Gasteiger partial charge in [-0.05, 0) is 72.1 Å². The van der Waals surface area contributed by atoms with Crippen LogP contribution < -0.4 is 19.5 Å². The van der Waals surface area contributed by atoms with Crippen LogP contribution in [0.15, 0.2) is 72.4 Å². The van der Waals surface area contributed by atoms with Gasteiger partial charge >= 0.3 is 11.9 Å².